The van der Waals surface area contributed by atoms with Gasteiger partial charge in [0.2, 0.25) is 0 Å². The number of aryl methyl sites for hydroxylation is 1. The number of fused-ring (bicyclic) bond motifs is 1. The van der Waals surface area contributed by atoms with Crippen LogP contribution in [-0.2, 0) is 0 Å². The second-order valence-corrected chi connectivity index (χ2v) is 4.26. The third-order valence-electron chi connectivity index (χ3n) is 2.74. The number of carbonyl (C=O) groups is 1. The third kappa shape index (κ3) is 2.38. The SMILES string of the molecule is Cc1nc2cc(OC(=O)c3cccc(F)c3)ccc2o1. The zero-order chi connectivity index (χ0) is 14.1. The lowest BCUT2D eigenvalue weighted by molar-refractivity contribution is 0.0734. The summed E-state index contributed by atoms with van der Waals surface area (Å²) in [4.78, 5) is 16.0. The monoisotopic (exact) mass is 271 g/mol. The Morgan fingerprint density at radius 2 is 2.10 bits per heavy atom. The van der Waals surface area contributed by atoms with E-state index in [0.29, 0.717) is 22.7 Å². The van der Waals surface area contributed by atoms with Crippen molar-refractivity contribution in [2.24, 2.45) is 0 Å². The summed E-state index contributed by atoms with van der Waals surface area (Å²) in [5, 5.41) is 0. The molecule has 2 aromatic carbocycles. The molecule has 20 heavy (non-hydrogen) atoms. The van der Waals surface area contributed by atoms with Crippen LogP contribution in [0.25, 0.3) is 11.1 Å². The number of halogens is 1. The maximum atomic E-state index is 13.0. The van der Waals surface area contributed by atoms with Gasteiger partial charge in [-0.3, -0.25) is 0 Å². The van der Waals surface area contributed by atoms with Crippen LogP contribution in [0.15, 0.2) is 46.9 Å². The topological polar surface area (TPSA) is 52.3 Å². The minimum absolute atomic E-state index is 0.154. The van der Waals surface area contributed by atoms with Gasteiger partial charge in [0.1, 0.15) is 17.1 Å². The van der Waals surface area contributed by atoms with Crippen molar-refractivity contribution in [2.75, 3.05) is 0 Å². The van der Waals surface area contributed by atoms with Crippen molar-refractivity contribution in [3.05, 3.63) is 59.7 Å². The van der Waals surface area contributed by atoms with E-state index in [0.717, 1.165) is 6.07 Å². The van der Waals surface area contributed by atoms with Crippen LogP contribution in [0.4, 0.5) is 4.39 Å². The molecule has 0 fully saturated rings. The Balaban J connectivity index is 1.87. The standard InChI is InChI=1S/C15H10FNO3/c1-9-17-13-8-12(5-6-14(13)19-9)20-15(18)10-3-2-4-11(16)7-10/h2-8H,1H3. The van der Waals surface area contributed by atoms with Gasteiger partial charge in [-0.25, -0.2) is 14.2 Å². The lowest BCUT2D eigenvalue weighted by Crippen LogP contribution is -2.08. The molecule has 100 valence electrons. The van der Waals surface area contributed by atoms with E-state index in [1.54, 1.807) is 25.1 Å². The van der Waals surface area contributed by atoms with Crippen molar-refractivity contribution in [1.82, 2.24) is 4.98 Å². The molecule has 3 aromatic rings. The van der Waals surface area contributed by atoms with Crippen molar-refractivity contribution in [3.8, 4) is 5.75 Å². The molecule has 0 spiro atoms. The Morgan fingerprint density at radius 3 is 2.90 bits per heavy atom. The van der Waals surface area contributed by atoms with E-state index >= 15 is 0 Å². The second kappa shape index (κ2) is 4.77. The fourth-order valence-corrected chi connectivity index (χ4v) is 1.87. The molecule has 1 heterocycles. The van der Waals surface area contributed by atoms with Gasteiger partial charge in [-0.15, -0.1) is 0 Å². The summed E-state index contributed by atoms with van der Waals surface area (Å²) < 4.78 is 23.6. The van der Waals surface area contributed by atoms with Crippen molar-refractivity contribution in [2.45, 2.75) is 6.92 Å². The van der Waals surface area contributed by atoms with Gasteiger partial charge in [0, 0.05) is 13.0 Å². The molecule has 0 N–H and O–H groups in total. The predicted molar refractivity (Wildman–Crippen MR) is 70.1 cm³/mol. The first-order valence-electron chi connectivity index (χ1n) is 5.97. The number of carbonyl (C=O) groups excluding carboxylic acids is 1. The molecule has 0 atom stereocenters. The van der Waals surface area contributed by atoms with Gasteiger partial charge in [0.05, 0.1) is 5.56 Å². The average Bonchev–Trinajstić information content (AvgIpc) is 2.78. The smallest absolute Gasteiger partial charge is 0.343 e. The first kappa shape index (κ1) is 12.3. The molecular weight excluding hydrogens is 261 g/mol. The van der Waals surface area contributed by atoms with Crippen molar-refractivity contribution < 1.29 is 18.3 Å². The van der Waals surface area contributed by atoms with Gasteiger partial charge in [0.25, 0.3) is 0 Å². The molecule has 0 saturated heterocycles. The minimum atomic E-state index is -0.621. The molecule has 0 bridgehead atoms. The molecule has 0 radical (unpaired) electrons. The molecule has 3 rings (SSSR count). The Kier molecular flexibility index (Phi) is 2.95. The second-order valence-electron chi connectivity index (χ2n) is 4.26. The van der Waals surface area contributed by atoms with Crippen molar-refractivity contribution in [1.29, 1.82) is 0 Å². The van der Waals surface area contributed by atoms with Crippen molar-refractivity contribution in [3.63, 3.8) is 0 Å². The van der Waals surface area contributed by atoms with Crippen LogP contribution in [0.3, 0.4) is 0 Å². The van der Waals surface area contributed by atoms with E-state index < -0.39 is 11.8 Å². The van der Waals surface area contributed by atoms with Crippen LogP contribution >= 0.6 is 0 Å². The normalized spacial score (nSPS) is 10.7. The Hall–Kier alpha value is -2.69. The number of aromatic nitrogens is 1. The molecule has 1 aromatic heterocycles. The predicted octanol–water partition coefficient (Wildman–Crippen LogP) is 3.49. The number of rotatable bonds is 2. The van der Waals surface area contributed by atoms with Gasteiger partial charge in [-0.1, -0.05) is 6.07 Å². The fraction of sp³-hybridized carbons (Fsp3) is 0.0667. The summed E-state index contributed by atoms with van der Waals surface area (Å²) in [6.45, 7) is 1.73. The first-order valence-corrected chi connectivity index (χ1v) is 5.97. The number of oxazole rings is 1. The lowest BCUT2D eigenvalue weighted by atomic mass is 10.2. The molecule has 0 aliphatic carbocycles. The Labute approximate surface area is 113 Å². The summed E-state index contributed by atoms with van der Waals surface area (Å²) in [6, 6.07) is 10.2. The highest BCUT2D eigenvalue weighted by Crippen LogP contribution is 2.22. The summed E-state index contributed by atoms with van der Waals surface area (Å²) in [6.07, 6.45) is 0. The van der Waals surface area contributed by atoms with Crippen molar-refractivity contribution >= 4 is 17.1 Å². The number of ether oxygens (including phenoxy) is 1. The molecule has 0 unspecified atom stereocenters. The molecule has 0 aliphatic heterocycles. The van der Waals surface area contributed by atoms with E-state index in [1.807, 2.05) is 0 Å². The minimum Gasteiger partial charge on any atom is -0.441 e. The van der Waals surface area contributed by atoms with Crippen LogP contribution < -0.4 is 4.74 Å². The summed E-state index contributed by atoms with van der Waals surface area (Å²) in [7, 11) is 0. The van der Waals surface area contributed by atoms with Crippen LogP contribution in [0.1, 0.15) is 16.2 Å². The molecule has 5 heteroatoms. The highest BCUT2D eigenvalue weighted by Gasteiger charge is 2.11. The number of esters is 1. The largest absolute Gasteiger partial charge is 0.441 e. The first-order chi connectivity index (χ1) is 9.61. The van der Waals surface area contributed by atoms with E-state index in [2.05, 4.69) is 4.98 Å². The van der Waals surface area contributed by atoms with E-state index in [4.69, 9.17) is 9.15 Å². The molecule has 4 nitrogen and oxygen atoms in total. The fourth-order valence-electron chi connectivity index (χ4n) is 1.87. The molecule has 0 aliphatic rings. The van der Waals surface area contributed by atoms with Crippen LogP contribution in [-0.4, -0.2) is 11.0 Å². The van der Waals surface area contributed by atoms with Gasteiger partial charge < -0.3 is 9.15 Å². The van der Waals surface area contributed by atoms with Gasteiger partial charge in [0.15, 0.2) is 11.5 Å². The maximum absolute atomic E-state index is 13.0. The zero-order valence-electron chi connectivity index (χ0n) is 10.6. The van der Waals surface area contributed by atoms with E-state index in [1.165, 1.54) is 18.2 Å². The quantitative estimate of drug-likeness (QED) is 0.529. The highest BCUT2D eigenvalue weighted by atomic mass is 19.1. The van der Waals surface area contributed by atoms with E-state index in [-0.39, 0.29) is 5.56 Å². The van der Waals surface area contributed by atoms with Gasteiger partial charge in [-0.05, 0) is 30.3 Å². The van der Waals surface area contributed by atoms with Gasteiger partial charge in [-0.2, -0.15) is 0 Å². The van der Waals surface area contributed by atoms with Crippen LogP contribution in [0.2, 0.25) is 0 Å². The summed E-state index contributed by atoms with van der Waals surface area (Å²) >= 11 is 0. The number of hydrogen-bond donors (Lipinski definition) is 0. The Bertz CT molecular complexity index is 795. The molecular formula is C15H10FNO3. The number of hydrogen-bond acceptors (Lipinski definition) is 4. The van der Waals surface area contributed by atoms with Crippen LogP contribution in [0.5, 0.6) is 5.75 Å². The van der Waals surface area contributed by atoms with Gasteiger partial charge >= 0.3 is 5.97 Å². The molecule has 0 amide bonds. The summed E-state index contributed by atoms with van der Waals surface area (Å²) in [5.41, 5.74) is 1.38. The molecule has 0 saturated carbocycles. The zero-order valence-corrected chi connectivity index (χ0v) is 10.6. The number of nitrogens with zero attached hydrogens (tertiary/aromatic N) is 1. The number of benzene rings is 2. The van der Waals surface area contributed by atoms with E-state index in [9.17, 15) is 9.18 Å². The maximum Gasteiger partial charge on any atom is 0.343 e. The third-order valence-corrected chi connectivity index (χ3v) is 2.74. The lowest BCUT2D eigenvalue weighted by Gasteiger charge is -2.03. The van der Waals surface area contributed by atoms with Crippen LogP contribution in [0, 0.1) is 12.7 Å². The highest BCUT2D eigenvalue weighted by molar-refractivity contribution is 5.91. The summed E-state index contributed by atoms with van der Waals surface area (Å²) in [5.74, 6) is -0.236. The Morgan fingerprint density at radius 1 is 1.25 bits per heavy atom. The average molecular weight is 271 g/mol.